The topological polar surface area (TPSA) is 63.4 Å². The Hall–Kier alpha value is -0.130. The Bertz CT molecular complexity index is 316. The van der Waals surface area contributed by atoms with Gasteiger partial charge in [-0.1, -0.05) is 12.8 Å². The molecule has 1 fully saturated rings. The van der Waals surface area contributed by atoms with Gasteiger partial charge in [-0.2, -0.15) is 0 Å². The van der Waals surface area contributed by atoms with Gasteiger partial charge in [0.1, 0.15) is 9.84 Å². The van der Waals surface area contributed by atoms with Crippen molar-refractivity contribution in [3.63, 3.8) is 0 Å². The number of sulfone groups is 1. The predicted molar refractivity (Wildman–Crippen MR) is 71.8 cm³/mol. The summed E-state index contributed by atoms with van der Waals surface area (Å²) in [5, 5.41) is 0. The van der Waals surface area contributed by atoms with E-state index in [2.05, 4.69) is 11.9 Å². The van der Waals surface area contributed by atoms with E-state index in [0.717, 1.165) is 19.5 Å². The summed E-state index contributed by atoms with van der Waals surface area (Å²) in [6.45, 7) is 1.61. The fourth-order valence-electron chi connectivity index (χ4n) is 2.79. The molecule has 0 amide bonds. The predicted octanol–water partition coefficient (Wildman–Crippen LogP) is 0.870. The molecule has 0 spiro atoms. The third-order valence-electron chi connectivity index (χ3n) is 3.76. The minimum Gasteiger partial charge on any atom is -0.330 e. The smallest absolute Gasteiger partial charge is 0.147 e. The minimum absolute atomic E-state index is 0.289. The average Bonchev–Trinajstić information content (AvgIpc) is 2.27. The lowest BCUT2D eigenvalue weighted by Crippen LogP contribution is -2.43. The Kier molecular flexibility index (Phi) is 5.89. The van der Waals surface area contributed by atoms with Gasteiger partial charge in [0.05, 0.1) is 5.75 Å². The highest BCUT2D eigenvalue weighted by Crippen LogP contribution is 2.27. The molecule has 0 heterocycles. The number of nitrogens with zero attached hydrogens (tertiary/aromatic N) is 1. The molecule has 1 aliphatic rings. The van der Waals surface area contributed by atoms with Crippen molar-refractivity contribution in [1.82, 2.24) is 4.90 Å². The van der Waals surface area contributed by atoms with Crippen LogP contribution in [0.25, 0.3) is 0 Å². The second kappa shape index (κ2) is 6.71. The van der Waals surface area contributed by atoms with Crippen molar-refractivity contribution >= 4 is 9.84 Å². The average molecular weight is 262 g/mol. The van der Waals surface area contributed by atoms with Crippen LogP contribution in [-0.2, 0) is 9.84 Å². The molecule has 2 atom stereocenters. The second-order valence-electron chi connectivity index (χ2n) is 5.31. The number of rotatable bonds is 6. The Morgan fingerprint density at radius 2 is 1.94 bits per heavy atom. The molecule has 0 aromatic rings. The summed E-state index contributed by atoms with van der Waals surface area (Å²) in [5.41, 5.74) is 5.81. The molecule has 0 saturated heterocycles. The van der Waals surface area contributed by atoms with Crippen molar-refractivity contribution in [2.45, 2.75) is 38.1 Å². The molecule has 17 heavy (non-hydrogen) atoms. The molecule has 0 radical (unpaired) electrons. The van der Waals surface area contributed by atoms with E-state index in [9.17, 15) is 8.42 Å². The zero-order chi connectivity index (χ0) is 12.9. The SMILES string of the molecule is CN(CCCS(C)(=O)=O)C1CCCCC1CN. The molecule has 2 unspecified atom stereocenters. The van der Waals surface area contributed by atoms with Crippen LogP contribution in [0.3, 0.4) is 0 Å². The fourth-order valence-corrected chi connectivity index (χ4v) is 3.44. The Labute approximate surface area is 105 Å². The summed E-state index contributed by atoms with van der Waals surface area (Å²) in [4.78, 5) is 2.31. The van der Waals surface area contributed by atoms with E-state index in [1.54, 1.807) is 0 Å². The van der Waals surface area contributed by atoms with E-state index in [-0.39, 0.29) is 5.75 Å². The van der Waals surface area contributed by atoms with Gasteiger partial charge in [0.25, 0.3) is 0 Å². The van der Waals surface area contributed by atoms with Gasteiger partial charge in [0.15, 0.2) is 0 Å². The highest BCUT2D eigenvalue weighted by Gasteiger charge is 2.26. The van der Waals surface area contributed by atoms with Gasteiger partial charge in [0.2, 0.25) is 0 Å². The van der Waals surface area contributed by atoms with Gasteiger partial charge in [-0.05, 0) is 45.3 Å². The lowest BCUT2D eigenvalue weighted by atomic mass is 9.83. The van der Waals surface area contributed by atoms with Crippen LogP contribution in [0, 0.1) is 5.92 Å². The summed E-state index contributed by atoms with van der Waals surface area (Å²) in [7, 11) is -0.723. The van der Waals surface area contributed by atoms with Crippen LogP contribution in [-0.4, -0.2) is 51.5 Å². The maximum absolute atomic E-state index is 11.1. The molecule has 5 heteroatoms. The molecular formula is C12H26N2O2S. The second-order valence-corrected chi connectivity index (χ2v) is 7.57. The van der Waals surface area contributed by atoms with E-state index in [4.69, 9.17) is 5.73 Å². The van der Waals surface area contributed by atoms with E-state index in [0.29, 0.717) is 12.0 Å². The Morgan fingerprint density at radius 3 is 2.53 bits per heavy atom. The Morgan fingerprint density at radius 1 is 1.29 bits per heavy atom. The van der Waals surface area contributed by atoms with Crippen LogP contribution in [0.5, 0.6) is 0 Å². The molecule has 1 rings (SSSR count). The fraction of sp³-hybridized carbons (Fsp3) is 1.00. The van der Waals surface area contributed by atoms with Crippen molar-refractivity contribution in [3.05, 3.63) is 0 Å². The van der Waals surface area contributed by atoms with Gasteiger partial charge >= 0.3 is 0 Å². The van der Waals surface area contributed by atoms with Gasteiger partial charge in [0, 0.05) is 12.3 Å². The normalized spacial score (nSPS) is 26.4. The zero-order valence-electron chi connectivity index (χ0n) is 11.1. The highest BCUT2D eigenvalue weighted by molar-refractivity contribution is 7.90. The van der Waals surface area contributed by atoms with Gasteiger partial charge in [-0.15, -0.1) is 0 Å². The standard InChI is InChI=1S/C12H26N2O2S/c1-14(8-5-9-17(2,15)16)12-7-4-3-6-11(12)10-13/h11-12H,3-10,13H2,1-2H3. The van der Waals surface area contributed by atoms with E-state index in [1.165, 1.54) is 31.9 Å². The summed E-state index contributed by atoms with van der Waals surface area (Å²) in [6.07, 6.45) is 7.02. The first-order valence-corrected chi connectivity index (χ1v) is 8.58. The molecular weight excluding hydrogens is 236 g/mol. The van der Waals surface area contributed by atoms with Crippen LogP contribution in [0.1, 0.15) is 32.1 Å². The number of nitrogens with two attached hydrogens (primary N) is 1. The third-order valence-corrected chi connectivity index (χ3v) is 4.79. The zero-order valence-corrected chi connectivity index (χ0v) is 11.9. The molecule has 0 aromatic heterocycles. The summed E-state index contributed by atoms with van der Waals surface area (Å²) in [6, 6.07) is 0.549. The molecule has 1 aliphatic carbocycles. The van der Waals surface area contributed by atoms with Crippen LogP contribution < -0.4 is 5.73 Å². The van der Waals surface area contributed by atoms with Gasteiger partial charge < -0.3 is 10.6 Å². The van der Waals surface area contributed by atoms with Crippen LogP contribution in [0.4, 0.5) is 0 Å². The lowest BCUT2D eigenvalue weighted by molar-refractivity contribution is 0.134. The lowest BCUT2D eigenvalue weighted by Gasteiger charge is -2.37. The Balaban J connectivity index is 2.37. The first-order chi connectivity index (χ1) is 7.94. The van der Waals surface area contributed by atoms with Gasteiger partial charge in [-0.3, -0.25) is 0 Å². The van der Waals surface area contributed by atoms with Crippen molar-refractivity contribution in [3.8, 4) is 0 Å². The third kappa shape index (κ3) is 5.36. The van der Waals surface area contributed by atoms with Gasteiger partial charge in [-0.25, -0.2) is 8.42 Å². The minimum atomic E-state index is -2.82. The molecule has 0 bridgehead atoms. The molecule has 102 valence electrons. The van der Waals surface area contributed by atoms with Crippen LogP contribution in [0.15, 0.2) is 0 Å². The van der Waals surface area contributed by atoms with Crippen LogP contribution >= 0.6 is 0 Å². The number of hydrogen-bond donors (Lipinski definition) is 1. The van der Waals surface area contributed by atoms with Crippen molar-refractivity contribution in [2.75, 3.05) is 32.1 Å². The molecule has 0 aromatic carbocycles. The molecule has 4 nitrogen and oxygen atoms in total. The van der Waals surface area contributed by atoms with E-state index in [1.807, 2.05) is 0 Å². The summed E-state index contributed by atoms with van der Waals surface area (Å²) >= 11 is 0. The number of hydrogen-bond acceptors (Lipinski definition) is 4. The largest absolute Gasteiger partial charge is 0.330 e. The molecule has 2 N–H and O–H groups in total. The highest BCUT2D eigenvalue weighted by atomic mass is 32.2. The summed E-state index contributed by atoms with van der Waals surface area (Å²) in [5.74, 6) is 0.879. The van der Waals surface area contributed by atoms with Crippen molar-refractivity contribution < 1.29 is 8.42 Å². The van der Waals surface area contributed by atoms with Crippen molar-refractivity contribution in [1.29, 1.82) is 0 Å². The molecule has 1 saturated carbocycles. The van der Waals surface area contributed by atoms with E-state index >= 15 is 0 Å². The van der Waals surface area contributed by atoms with Crippen molar-refractivity contribution in [2.24, 2.45) is 11.7 Å². The first-order valence-electron chi connectivity index (χ1n) is 6.52. The monoisotopic (exact) mass is 262 g/mol. The maximum atomic E-state index is 11.1. The quantitative estimate of drug-likeness (QED) is 0.771. The maximum Gasteiger partial charge on any atom is 0.147 e. The van der Waals surface area contributed by atoms with E-state index < -0.39 is 9.84 Å². The summed E-state index contributed by atoms with van der Waals surface area (Å²) < 4.78 is 22.1. The molecule has 0 aliphatic heterocycles. The van der Waals surface area contributed by atoms with Crippen LogP contribution in [0.2, 0.25) is 0 Å². The first kappa shape index (κ1) is 14.9.